The van der Waals surface area contributed by atoms with Gasteiger partial charge in [-0.25, -0.2) is 0 Å². The van der Waals surface area contributed by atoms with Crippen molar-refractivity contribution >= 4 is 9.04 Å². The lowest BCUT2D eigenvalue weighted by Gasteiger charge is -2.34. The molecule has 1 aromatic carbocycles. The second kappa shape index (κ2) is 13.5. The van der Waals surface area contributed by atoms with Gasteiger partial charge >= 0.3 is 0 Å². The second-order valence-corrected chi connectivity index (χ2v) is 11.5. The highest BCUT2D eigenvalue weighted by Gasteiger charge is 2.29. The fourth-order valence-corrected chi connectivity index (χ4v) is 7.10. The van der Waals surface area contributed by atoms with E-state index in [1.807, 2.05) is 0 Å². The highest BCUT2D eigenvalue weighted by atomic mass is 28.3. The molecule has 0 N–H and O–H groups in total. The highest BCUT2D eigenvalue weighted by Crippen LogP contribution is 2.36. The molecule has 0 saturated carbocycles. The van der Waals surface area contributed by atoms with Gasteiger partial charge in [0.15, 0.2) is 9.04 Å². The van der Waals surface area contributed by atoms with Crippen LogP contribution in [-0.2, 0) is 10.8 Å². The zero-order chi connectivity index (χ0) is 20.1. The molecule has 0 saturated heterocycles. The topological polar surface area (TPSA) is 15.7 Å². The van der Waals surface area contributed by atoms with Gasteiger partial charge in [0.2, 0.25) is 0 Å². The lowest BCUT2D eigenvalue weighted by molar-refractivity contribution is 0.239. The molecule has 1 unspecified atom stereocenters. The van der Waals surface area contributed by atoms with E-state index in [1.165, 1.54) is 62.8 Å². The normalized spacial score (nSPS) is 13.5. The monoisotopic (exact) mass is 392 g/mol. The Morgan fingerprint density at radius 2 is 1.48 bits per heavy atom. The molecule has 0 heterocycles. The number of aryl methyl sites for hydroxylation is 1. The first-order valence-corrected chi connectivity index (χ1v) is 12.9. The van der Waals surface area contributed by atoms with Gasteiger partial charge in [-0.05, 0) is 103 Å². The van der Waals surface area contributed by atoms with Crippen molar-refractivity contribution in [2.45, 2.75) is 58.0 Å². The Morgan fingerprint density at radius 1 is 0.926 bits per heavy atom. The molecule has 27 heavy (non-hydrogen) atoms. The summed E-state index contributed by atoms with van der Waals surface area (Å²) >= 11 is 0. The first-order valence-electron chi connectivity index (χ1n) is 10.8. The maximum absolute atomic E-state index is 6.33. The van der Waals surface area contributed by atoms with Crippen LogP contribution in [0.1, 0.15) is 45.1 Å². The van der Waals surface area contributed by atoms with Gasteiger partial charge in [0.05, 0.1) is 0 Å². The van der Waals surface area contributed by atoms with Gasteiger partial charge in [-0.2, -0.15) is 0 Å². The van der Waals surface area contributed by atoms with Crippen LogP contribution in [0.2, 0.25) is 12.1 Å². The average Bonchev–Trinajstić information content (AvgIpc) is 2.60. The van der Waals surface area contributed by atoms with E-state index in [1.54, 1.807) is 0 Å². The molecule has 0 spiro atoms. The zero-order valence-corrected chi connectivity index (χ0v) is 20.0. The molecule has 0 radical (unpaired) electrons. The van der Waals surface area contributed by atoms with Gasteiger partial charge in [0, 0.05) is 6.61 Å². The SMILES string of the molecule is CCO[SiH](CCc1ccccc1)CC(C)(CCCN(C)C)CCCN(C)C. The van der Waals surface area contributed by atoms with E-state index < -0.39 is 9.04 Å². The lowest BCUT2D eigenvalue weighted by atomic mass is 9.82. The molecule has 4 heteroatoms. The van der Waals surface area contributed by atoms with E-state index in [0.29, 0.717) is 5.41 Å². The summed E-state index contributed by atoms with van der Waals surface area (Å²) in [5.41, 5.74) is 1.88. The van der Waals surface area contributed by atoms with Crippen molar-refractivity contribution in [2.75, 3.05) is 47.9 Å². The molecule has 0 aliphatic rings. The summed E-state index contributed by atoms with van der Waals surface area (Å²) in [5.74, 6) is 0. The van der Waals surface area contributed by atoms with Gasteiger partial charge < -0.3 is 14.2 Å². The van der Waals surface area contributed by atoms with Crippen LogP contribution in [0, 0.1) is 5.41 Å². The minimum atomic E-state index is -1.19. The molecule has 1 aromatic rings. The van der Waals surface area contributed by atoms with Crippen LogP contribution >= 0.6 is 0 Å². The summed E-state index contributed by atoms with van der Waals surface area (Å²) in [6.07, 6.45) is 6.39. The van der Waals surface area contributed by atoms with E-state index in [2.05, 4.69) is 82.2 Å². The molecule has 1 rings (SSSR count). The van der Waals surface area contributed by atoms with Crippen LogP contribution in [0.15, 0.2) is 30.3 Å². The van der Waals surface area contributed by atoms with E-state index in [-0.39, 0.29) is 0 Å². The van der Waals surface area contributed by atoms with E-state index >= 15 is 0 Å². The van der Waals surface area contributed by atoms with Crippen LogP contribution < -0.4 is 0 Å². The third-order valence-electron chi connectivity index (χ3n) is 5.49. The number of hydrogen-bond donors (Lipinski definition) is 0. The van der Waals surface area contributed by atoms with E-state index in [9.17, 15) is 0 Å². The Bertz CT molecular complexity index is 465. The molecule has 0 bridgehead atoms. The van der Waals surface area contributed by atoms with Crippen LogP contribution in [0.3, 0.4) is 0 Å². The molecule has 1 atom stereocenters. The molecule has 156 valence electrons. The summed E-state index contributed by atoms with van der Waals surface area (Å²) in [5, 5.41) is 0. The molecule has 0 amide bonds. The highest BCUT2D eigenvalue weighted by molar-refractivity contribution is 6.52. The average molecular weight is 393 g/mol. The molecular weight excluding hydrogens is 348 g/mol. The van der Waals surface area contributed by atoms with E-state index in [0.717, 1.165) is 6.61 Å². The molecule has 0 aromatic heterocycles. The van der Waals surface area contributed by atoms with Crippen LogP contribution in [-0.4, -0.2) is 66.7 Å². The molecule has 3 nitrogen and oxygen atoms in total. The van der Waals surface area contributed by atoms with Crippen LogP contribution in [0.4, 0.5) is 0 Å². The minimum Gasteiger partial charge on any atom is -0.420 e. The smallest absolute Gasteiger partial charge is 0.177 e. The summed E-state index contributed by atoms with van der Waals surface area (Å²) < 4.78 is 6.33. The maximum atomic E-state index is 6.33. The van der Waals surface area contributed by atoms with Crippen molar-refractivity contribution in [1.82, 2.24) is 9.80 Å². The zero-order valence-electron chi connectivity index (χ0n) is 18.8. The molecule has 0 aliphatic carbocycles. The van der Waals surface area contributed by atoms with E-state index in [4.69, 9.17) is 4.43 Å². The minimum absolute atomic E-state index is 0.425. The summed E-state index contributed by atoms with van der Waals surface area (Å²) in [7, 11) is 7.54. The fraction of sp³-hybridized carbons (Fsp3) is 0.739. The van der Waals surface area contributed by atoms with Gasteiger partial charge in [0.1, 0.15) is 0 Å². The predicted octanol–water partition coefficient (Wildman–Crippen LogP) is 4.68. The molecular formula is C23H44N2OSi. The van der Waals surface area contributed by atoms with Gasteiger partial charge in [-0.3, -0.25) is 0 Å². The van der Waals surface area contributed by atoms with Gasteiger partial charge in [0.25, 0.3) is 0 Å². The summed E-state index contributed by atoms with van der Waals surface area (Å²) in [4.78, 5) is 4.63. The fourth-order valence-electron chi connectivity index (χ4n) is 3.98. The maximum Gasteiger partial charge on any atom is 0.177 e. The second-order valence-electron chi connectivity index (χ2n) is 8.93. The van der Waals surface area contributed by atoms with Gasteiger partial charge in [-0.1, -0.05) is 37.3 Å². The Kier molecular flexibility index (Phi) is 12.2. The largest absolute Gasteiger partial charge is 0.420 e. The Labute approximate surface area is 170 Å². The van der Waals surface area contributed by atoms with Crippen molar-refractivity contribution in [3.63, 3.8) is 0 Å². The van der Waals surface area contributed by atoms with Gasteiger partial charge in [-0.15, -0.1) is 0 Å². The lowest BCUT2D eigenvalue weighted by Crippen LogP contribution is -2.30. The Morgan fingerprint density at radius 3 is 1.96 bits per heavy atom. The summed E-state index contributed by atoms with van der Waals surface area (Å²) in [6, 6.07) is 13.5. The first-order chi connectivity index (χ1) is 12.8. The van der Waals surface area contributed by atoms with Crippen molar-refractivity contribution in [3.8, 4) is 0 Å². The van der Waals surface area contributed by atoms with Crippen molar-refractivity contribution < 1.29 is 4.43 Å². The number of hydrogen-bond acceptors (Lipinski definition) is 3. The predicted molar refractivity (Wildman–Crippen MR) is 122 cm³/mol. The van der Waals surface area contributed by atoms with Crippen molar-refractivity contribution in [1.29, 1.82) is 0 Å². The third kappa shape index (κ3) is 11.7. The third-order valence-corrected chi connectivity index (χ3v) is 8.67. The van der Waals surface area contributed by atoms with Crippen LogP contribution in [0.5, 0.6) is 0 Å². The Hall–Kier alpha value is -0.683. The molecule has 0 aliphatic heterocycles. The van der Waals surface area contributed by atoms with Crippen LogP contribution in [0.25, 0.3) is 0 Å². The standard InChI is InChI=1S/C23H44N2OSi/c1-7-26-27(20-15-22-13-9-8-10-14-22)21-23(2,16-11-18-24(3)4)17-12-19-25(5)6/h8-10,13-14,27H,7,11-12,15-21H2,1-6H3. The number of benzene rings is 1. The van der Waals surface area contributed by atoms with Crippen molar-refractivity contribution in [3.05, 3.63) is 35.9 Å². The van der Waals surface area contributed by atoms with Crippen molar-refractivity contribution in [2.24, 2.45) is 5.41 Å². The summed E-state index contributed by atoms with van der Waals surface area (Å²) in [6.45, 7) is 7.94. The number of nitrogens with zero attached hydrogens (tertiary/aromatic N) is 2. The first kappa shape index (κ1) is 24.4. The number of rotatable bonds is 15. The quantitative estimate of drug-likeness (QED) is 0.403. The Balaban J connectivity index is 2.66. The molecule has 0 fully saturated rings.